The van der Waals surface area contributed by atoms with Gasteiger partial charge in [0.15, 0.2) is 11.5 Å². The van der Waals surface area contributed by atoms with Crippen LogP contribution < -0.4 is 16.4 Å². The molecule has 0 saturated heterocycles. The maximum Gasteiger partial charge on any atom is 0.280 e. The highest BCUT2D eigenvalue weighted by Gasteiger charge is 2.19. The Morgan fingerprint density at radius 1 is 1.00 bits per heavy atom. The van der Waals surface area contributed by atoms with Gasteiger partial charge >= 0.3 is 0 Å². The van der Waals surface area contributed by atoms with Crippen molar-refractivity contribution in [3.8, 4) is 5.69 Å². The summed E-state index contributed by atoms with van der Waals surface area (Å²) >= 11 is 0. The SMILES string of the molecule is CC(=O)Nc1ccc(NC(=O)c2nnn(-c3ccccc3C)c2N)cc1. The summed E-state index contributed by atoms with van der Waals surface area (Å²) in [5.74, 6) is -0.469. The van der Waals surface area contributed by atoms with Crippen LogP contribution in [0.5, 0.6) is 0 Å². The molecule has 2 amide bonds. The first-order valence-electron chi connectivity index (χ1n) is 7.92. The Balaban J connectivity index is 1.79. The topological polar surface area (TPSA) is 115 Å². The lowest BCUT2D eigenvalue weighted by Gasteiger charge is -2.07. The van der Waals surface area contributed by atoms with Crippen LogP contribution in [0, 0.1) is 6.92 Å². The quantitative estimate of drug-likeness (QED) is 0.668. The van der Waals surface area contributed by atoms with Crippen LogP contribution in [0.1, 0.15) is 23.0 Å². The van der Waals surface area contributed by atoms with Gasteiger partial charge in [0.1, 0.15) is 0 Å². The number of hydrogen-bond donors (Lipinski definition) is 3. The number of carbonyl (C=O) groups excluding carboxylic acids is 2. The number of para-hydroxylation sites is 1. The predicted molar refractivity (Wildman–Crippen MR) is 99.2 cm³/mol. The van der Waals surface area contributed by atoms with E-state index in [1.807, 2.05) is 31.2 Å². The van der Waals surface area contributed by atoms with Crippen molar-refractivity contribution >= 4 is 29.0 Å². The number of rotatable bonds is 4. The molecule has 3 rings (SSSR count). The number of anilines is 3. The molecule has 26 heavy (non-hydrogen) atoms. The molecule has 0 atom stereocenters. The summed E-state index contributed by atoms with van der Waals surface area (Å²) < 4.78 is 1.43. The van der Waals surface area contributed by atoms with Crippen molar-refractivity contribution in [2.75, 3.05) is 16.4 Å². The fourth-order valence-corrected chi connectivity index (χ4v) is 2.46. The number of carbonyl (C=O) groups is 2. The average molecular weight is 350 g/mol. The number of nitrogens with zero attached hydrogens (tertiary/aromatic N) is 3. The molecule has 0 aliphatic rings. The van der Waals surface area contributed by atoms with Gasteiger partial charge < -0.3 is 16.4 Å². The summed E-state index contributed by atoms with van der Waals surface area (Å²) in [6.45, 7) is 3.35. The summed E-state index contributed by atoms with van der Waals surface area (Å²) in [6.07, 6.45) is 0. The third kappa shape index (κ3) is 3.54. The van der Waals surface area contributed by atoms with E-state index in [-0.39, 0.29) is 17.4 Å². The summed E-state index contributed by atoms with van der Waals surface area (Å²) in [7, 11) is 0. The molecule has 8 heteroatoms. The lowest BCUT2D eigenvalue weighted by molar-refractivity contribution is -0.114. The molecular weight excluding hydrogens is 332 g/mol. The van der Waals surface area contributed by atoms with Gasteiger partial charge in [0, 0.05) is 18.3 Å². The maximum absolute atomic E-state index is 12.5. The number of aromatic nitrogens is 3. The Kier molecular flexibility index (Phi) is 4.66. The first-order valence-corrected chi connectivity index (χ1v) is 7.92. The number of benzene rings is 2. The number of nitrogens with two attached hydrogens (primary N) is 1. The summed E-state index contributed by atoms with van der Waals surface area (Å²) in [5.41, 5.74) is 9.02. The number of hydrogen-bond acceptors (Lipinski definition) is 5. The van der Waals surface area contributed by atoms with Gasteiger partial charge in [-0.1, -0.05) is 23.4 Å². The lowest BCUT2D eigenvalue weighted by atomic mass is 10.2. The molecule has 0 aliphatic carbocycles. The van der Waals surface area contributed by atoms with Crippen molar-refractivity contribution in [1.29, 1.82) is 0 Å². The minimum Gasteiger partial charge on any atom is -0.382 e. The van der Waals surface area contributed by atoms with Crippen LogP contribution in [-0.4, -0.2) is 26.8 Å². The number of nitrogen functional groups attached to an aromatic ring is 1. The predicted octanol–water partition coefficient (Wildman–Crippen LogP) is 2.37. The Labute approximate surface area is 150 Å². The molecule has 1 aromatic heterocycles. The van der Waals surface area contributed by atoms with Crippen molar-refractivity contribution in [2.45, 2.75) is 13.8 Å². The second kappa shape index (κ2) is 7.06. The van der Waals surface area contributed by atoms with Gasteiger partial charge in [0.2, 0.25) is 5.91 Å². The van der Waals surface area contributed by atoms with Gasteiger partial charge in [0.05, 0.1) is 5.69 Å². The average Bonchev–Trinajstić information content (AvgIpc) is 2.98. The number of amides is 2. The van der Waals surface area contributed by atoms with Gasteiger partial charge in [-0.25, -0.2) is 0 Å². The van der Waals surface area contributed by atoms with Crippen LogP contribution in [0.15, 0.2) is 48.5 Å². The highest BCUT2D eigenvalue weighted by Crippen LogP contribution is 2.20. The molecule has 8 nitrogen and oxygen atoms in total. The van der Waals surface area contributed by atoms with Gasteiger partial charge in [0.25, 0.3) is 5.91 Å². The second-order valence-electron chi connectivity index (χ2n) is 5.73. The zero-order chi connectivity index (χ0) is 18.7. The highest BCUT2D eigenvalue weighted by molar-refractivity contribution is 6.06. The molecule has 0 unspecified atom stereocenters. The maximum atomic E-state index is 12.5. The molecule has 0 radical (unpaired) electrons. The van der Waals surface area contributed by atoms with E-state index in [1.165, 1.54) is 11.6 Å². The lowest BCUT2D eigenvalue weighted by Crippen LogP contribution is -2.15. The molecule has 3 aromatic rings. The van der Waals surface area contributed by atoms with Crippen molar-refractivity contribution in [1.82, 2.24) is 15.0 Å². The molecule has 0 bridgehead atoms. The first-order chi connectivity index (χ1) is 12.5. The number of nitrogens with one attached hydrogen (secondary N) is 2. The molecule has 1 heterocycles. The molecule has 132 valence electrons. The van der Waals surface area contributed by atoms with E-state index in [4.69, 9.17) is 5.73 Å². The van der Waals surface area contributed by atoms with Crippen LogP contribution >= 0.6 is 0 Å². The first kappa shape index (κ1) is 17.2. The molecule has 0 spiro atoms. The van der Waals surface area contributed by atoms with Crippen molar-refractivity contribution < 1.29 is 9.59 Å². The zero-order valence-electron chi connectivity index (χ0n) is 14.4. The third-order valence-corrected chi connectivity index (χ3v) is 3.73. The Bertz CT molecular complexity index is 962. The fraction of sp³-hybridized carbons (Fsp3) is 0.111. The third-order valence-electron chi connectivity index (χ3n) is 3.73. The monoisotopic (exact) mass is 350 g/mol. The molecule has 2 aromatic carbocycles. The van der Waals surface area contributed by atoms with E-state index in [2.05, 4.69) is 20.9 Å². The molecule has 4 N–H and O–H groups in total. The van der Waals surface area contributed by atoms with Gasteiger partial charge in [-0.3, -0.25) is 9.59 Å². The summed E-state index contributed by atoms with van der Waals surface area (Å²) in [6, 6.07) is 14.3. The van der Waals surface area contributed by atoms with E-state index >= 15 is 0 Å². The van der Waals surface area contributed by atoms with E-state index in [9.17, 15) is 9.59 Å². The Morgan fingerprint density at radius 3 is 2.23 bits per heavy atom. The Morgan fingerprint density at radius 2 is 1.62 bits per heavy atom. The zero-order valence-corrected chi connectivity index (χ0v) is 14.4. The fourth-order valence-electron chi connectivity index (χ4n) is 2.46. The molecule has 0 aliphatic heterocycles. The largest absolute Gasteiger partial charge is 0.382 e. The molecular formula is C18H18N6O2. The van der Waals surface area contributed by atoms with Crippen molar-refractivity contribution in [2.24, 2.45) is 0 Å². The number of aryl methyl sites for hydroxylation is 1. The minimum atomic E-state index is -0.463. The normalized spacial score (nSPS) is 10.4. The minimum absolute atomic E-state index is 0.0409. The van der Waals surface area contributed by atoms with Crippen LogP contribution in [0.4, 0.5) is 17.2 Å². The van der Waals surface area contributed by atoms with E-state index in [0.29, 0.717) is 11.4 Å². The van der Waals surface area contributed by atoms with Crippen molar-refractivity contribution in [3.63, 3.8) is 0 Å². The Hall–Kier alpha value is -3.68. The second-order valence-corrected chi connectivity index (χ2v) is 5.73. The van der Waals surface area contributed by atoms with Crippen LogP contribution in [0.25, 0.3) is 5.69 Å². The standard InChI is InChI=1S/C18H18N6O2/c1-11-5-3-4-6-15(11)24-17(19)16(22-23-24)18(26)21-14-9-7-13(8-10-14)20-12(2)25/h3-10H,19H2,1-2H3,(H,20,25)(H,21,26). The van der Waals surface area contributed by atoms with Gasteiger partial charge in [-0.05, 0) is 42.8 Å². The van der Waals surface area contributed by atoms with Crippen molar-refractivity contribution in [3.05, 3.63) is 59.8 Å². The summed E-state index contributed by atoms with van der Waals surface area (Å²) in [5, 5.41) is 13.3. The van der Waals surface area contributed by atoms with Crippen LogP contribution in [0.3, 0.4) is 0 Å². The van der Waals surface area contributed by atoms with E-state index in [0.717, 1.165) is 11.3 Å². The summed E-state index contributed by atoms with van der Waals surface area (Å²) in [4.78, 5) is 23.5. The van der Waals surface area contributed by atoms with E-state index < -0.39 is 5.91 Å². The highest BCUT2D eigenvalue weighted by atomic mass is 16.2. The van der Waals surface area contributed by atoms with Gasteiger partial charge in [-0.15, -0.1) is 5.10 Å². The van der Waals surface area contributed by atoms with E-state index in [1.54, 1.807) is 24.3 Å². The smallest absolute Gasteiger partial charge is 0.280 e. The van der Waals surface area contributed by atoms with Crippen LogP contribution in [0.2, 0.25) is 0 Å². The molecule has 0 fully saturated rings. The molecule has 0 saturated carbocycles. The van der Waals surface area contributed by atoms with Crippen LogP contribution in [-0.2, 0) is 4.79 Å². The van der Waals surface area contributed by atoms with Gasteiger partial charge in [-0.2, -0.15) is 4.68 Å².